The van der Waals surface area contributed by atoms with Crippen LogP contribution in [0.3, 0.4) is 0 Å². The third-order valence-corrected chi connectivity index (χ3v) is 4.76. The van der Waals surface area contributed by atoms with Gasteiger partial charge in [0, 0.05) is 55.8 Å². The standard InChI is InChI=1S/C20H25ClN4O2/c21-18-2-4-19(5-3-18)23-20(26)25(16-17-6-8-22-9-7-17)11-1-10-24-12-14-27-15-13-24/h2-9H,1,10-16H2,(H,23,26). The molecule has 7 heteroatoms. The maximum Gasteiger partial charge on any atom is 0.322 e. The van der Waals surface area contributed by atoms with Gasteiger partial charge in [-0.3, -0.25) is 9.88 Å². The van der Waals surface area contributed by atoms with Gasteiger partial charge < -0.3 is 15.0 Å². The van der Waals surface area contributed by atoms with Crippen LogP contribution in [0.1, 0.15) is 12.0 Å². The highest BCUT2D eigenvalue weighted by atomic mass is 35.5. The number of amides is 2. The van der Waals surface area contributed by atoms with Crippen LogP contribution in [0.4, 0.5) is 10.5 Å². The molecule has 1 aromatic heterocycles. The molecule has 2 amide bonds. The van der Waals surface area contributed by atoms with Crippen LogP contribution in [0.15, 0.2) is 48.8 Å². The lowest BCUT2D eigenvalue weighted by atomic mass is 10.2. The molecule has 0 atom stereocenters. The molecule has 1 N–H and O–H groups in total. The minimum Gasteiger partial charge on any atom is -0.379 e. The quantitative estimate of drug-likeness (QED) is 0.788. The highest BCUT2D eigenvalue weighted by molar-refractivity contribution is 6.30. The molecule has 3 rings (SSSR count). The summed E-state index contributed by atoms with van der Waals surface area (Å²) in [6.07, 6.45) is 4.41. The van der Waals surface area contributed by atoms with Gasteiger partial charge in [0.15, 0.2) is 0 Å². The van der Waals surface area contributed by atoms with E-state index in [1.54, 1.807) is 36.7 Å². The van der Waals surface area contributed by atoms with E-state index in [4.69, 9.17) is 16.3 Å². The van der Waals surface area contributed by atoms with Gasteiger partial charge in [0.25, 0.3) is 0 Å². The van der Waals surface area contributed by atoms with Crippen molar-refractivity contribution in [2.75, 3.05) is 44.7 Å². The van der Waals surface area contributed by atoms with Gasteiger partial charge in [0.1, 0.15) is 0 Å². The van der Waals surface area contributed by atoms with Crippen molar-refractivity contribution >= 4 is 23.3 Å². The average molecular weight is 389 g/mol. The molecule has 2 aromatic rings. The van der Waals surface area contributed by atoms with Crippen LogP contribution in [0.5, 0.6) is 0 Å². The van der Waals surface area contributed by atoms with Crippen molar-refractivity contribution in [2.24, 2.45) is 0 Å². The zero-order valence-corrected chi connectivity index (χ0v) is 16.1. The number of urea groups is 1. The highest BCUT2D eigenvalue weighted by Crippen LogP contribution is 2.15. The number of carbonyl (C=O) groups excluding carboxylic acids is 1. The summed E-state index contributed by atoms with van der Waals surface area (Å²) in [6.45, 7) is 5.69. The Balaban J connectivity index is 1.59. The van der Waals surface area contributed by atoms with E-state index < -0.39 is 0 Å². The van der Waals surface area contributed by atoms with Gasteiger partial charge in [0.2, 0.25) is 0 Å². The van der Waals surface area contributed by atoms with Crippen molar-refractivity contribution in [3.63, 3.8) is 0 Å². The summed E-state index contributed by atoms with van der Waals surface area (Å²) in [4.78, 5) is 21.1. The second-order valence-corrected chi connectivity index (χ2v) is 6.96. The van der Waals surface area contributed by atoms with E-state index in [0.717, 1.165) is 50.5 Å². The normalized spacial score (nSPS) is 14.7. The first-order valence-corrected chi connectivity index (χ1v) is 9.59. The summed E-state index contributed by atoms with van der Waals surface area (Å²) in [5.41, 5.74) is 1.79. The van der Waals surface area contributed by atoms with E-state index in [-0.39, 0.29) is 6.03 Å². The number of ether oxygens (including phenoxy) is 1. The number of aromatic nitrogens is 1. The molecule has 6 nitrogen and oxygen atoms in total. The van der Waals surface area contributed by atoms with Gasteiger partial charge >= 0.3 is 6.03 Å². The SMILES string of the molecule is O=C(Nc1ccc(Cl)cc1)N(CCCN1CCOCC1)Cc1ccncc1. The number of carbonyl (C=O) groups is 1. The predicted molar refractivity (Wildman–Crippen MR) is 107 cm³/mol. The summed E-state index contributed by atoms with van der Waals surface area (Å²) in [5, 5.41) is 3.60. The van der Waals surface area contributed by atoms with Crippen molar-refractivity contribution in [1.82, 2.24) is 14.8 Å². The fourth-order valence-corrected chi connectivity index (χ4v) is 3.13. The number of nitrogens with one attached hydrogen (secondary N) is 1. The van der Waals surface area contributed by atoms with Crippen LogP contribution in [-0.4, -0.2) is 60.2 Å². The molecule has 0 unspecified atom stereocenters. The minimum atomic E-state index is -0.115. The van der Waals surface area contributed by atoms with E-state index in [2.05, 4.69) is 15.2 Å². The number of hydrogen-bond acceptors (Lipinski definition) is 4. The summed E-state index contributed by atoms with van der Waals surface area (Å²) < 4.78 is 5.39. The van der Waals surface area contributed by atoms with Crippen LogP contribution in [0.25, 0.3) is 0 Å². The first-order chi connectivity index (χ1) is 13.2. The van der Waals surface area contributed by atoms with Gasteiger partial charge in [-0.05, 0) is 48.4 Å². The molecule has 27 heavy (non-hydrogen) atoms. The number of hydrogen-bond donors (Lipinski definition) is 1. The number of rotatable bonds is 7. The summed E-state index contributed by atoms with van der Waals surface area (Å²) in [7, 11) is 0. The number of anilines is 1. The van der Waals surface area contributed by atoms with Gasteiger partial charge in [0.05, 0.1) is 13.2 Å². The number of nitrogens with zero attached hydrogens (tertiary/aromatic N) is 3. The van der Waals surface area contributed by atoms with Crippen molar-refractivity contribution in [1.29, 1.82) is 0 Å². The third-order valence-electron chi connectivity index (χ3n) is 4.51. The lowest BCUT2D eigenvalue weighted by Gasteiger charge is -2.28. The third kappa shape index (κ3) is 6.50. The first-order valence-electron chi connectivity index (χ1n) is 9.21. The maximum absolute atomic E-state index is 12.8. The molecular weight excluding hydrogens is 364 g/mol. The van der Waals surface area contributed by atoms with Gasteiger partial charge in [-0.1, -0.05) is 11.6 Å². The summed E-state index contributed by atoms with van der Waals surface area (Å²) in [5.74, 6) is 0. The molecule has 0 bridgehead atoms. The fraction of sp³-hybridized carbons (Fsp3) is 0.400. The Morgan fingerprint density at radius 2 is 1.85 bits per heavy atom. The lowest BCUT2D eigenvalue weighted by Crippen LogP contribution is -2.40. The molecule has 0 aliphatic carbocycles. The Morgan fingerprint density at radius 3 is 2.56 bits per heavy atom. The molecule has 1 aliphatic rings. The largest absolute Gasteiger partial charge is 0.379 e. The Bertz CT molecular complexity index is 706. The number of halogens is 1. The van der Waals surface area contributed by atoms with Gasteiger partial charge in [-0.2, -0.15) is 0 Å². The molecule has 2 heterocycles. The fourth-order valence-electron chi connectivity index (χ4n) is 3.01. The van der Waals surface area contributed by atoms with E-state index in [0.29, 0.717) is 18.1 Å². The second kappa shape index (κ2) is 10.3. The van der Waals surface area contributed by atoms with Gasteiger partial charge in [-0.25, -0.2) is 4.79 Å². The molecular formula is C20H25ClN4O2. The van der Waals surface area contributed by atoms with Crippen molar-refractivity contribution < 1.29 is 9.53 Å². The van der Waals surface area contributed by atoms with Crippen LogP contribution in [0.2, 0.25) is 5.02 Å². The molecule has 1 saturated heterocycles. The lowest BCUT2D eigenvalue weighted by molar-refractivity contribution is 0.0365. The number of pyridine rings is 1. The Labute approximate surface area is 165 Å². The number of benzene rings is 1. The Kier molecular flexibility index (Phi) is 7.45. The van der Waals surface area contributed by atoms with E-state index in [1.807, 2.05) is 17.0 Å². The minimum absolute atomic E-state index is 0.115. The van der Waals surface area contributed by atoms with Crippen molar-refractivity contribution in [3.8, 4) is 0 Å². The topological polar surface area (TPSA) is 57.7 Å². The maximum atomic E-state index is 12.8. The Hall–Kier alpha value is -2.15. The molecule has 1 aromatic carbocycles. The van der Waals surface area contributed by atoms with E-state index >= 15 is 0 Å². The molecule has 1 aliphatic heterocycles. The first kappa shape index (κ1) is 19.6. The second-order valence-electron chi connectivity index (χ2n) is 6.52. The van der Waals surface area contributed by atoms with Crippen molar-refractivity contribution in [3.05, 3.63) is 59.4 Å². The molecule has 0 spiro atoms. The Morgan fingerprint density at radius 1 is 1.15 bits per heavy atom. The molecule has 1 fully saturated rings. The van der Waals surface area contributed by atoms with Crippen LogP contribution < -0.4 is 5.32 Å². The van der Waals surface area contributed by atoms with Crippen LogP contribution in [0, 0.1) is 0 Å². The molecule has 0 saturated carbocycles. The molecule has 144 valence electrons. The predicted octanol–water partition coefficient (Wildman–Crippen LogP) is 3.49. The summed E-state index contributed by atoms with van der Waals surface area (Å²) >= 11 is 5.92. The summed E-state index contributed by atoms with van der Waals surface area (Å²) in [6, 6.07) is 10.9. The monoisotopic (exact) mass is 388 g/mol. The smallest absolute Gasteiger partial charge is 0.322 e. The van der Waals surface area contributed by atoms with Crippen molar-refractivity contribution in [2.45, 2.75) is 13.0 Å². The average Bonchev–Trinajstić information content (AvgIpc) is 2.70. The van der Waals surface area contributed by atoms with Gasteiger partial charge in [-0.15, -0.1) is 0 Å². The zero-order chi connectivity index (χ0) is 18.9. The van der Waals surface area contributed by atoms with E-state index in [9.17, 15) is 4.79 Å². The number of morpholine rings is 1. The zero-order valence-electron chi connectivity index (χ0n) is 15.3. The molecule has 0 radical (unpaired) electrons. The van der Waals surface area contributed by atoms with E-state index in [1.165, 1.54) is 0 Å². The van der Waals surface area contributed by atoms with Crippen LogP contribution >= 0.6 is 11.6 Å². The highest BCUT2D eigenvalue weighted by Gasteiger charge is 2.16. The van der Waals surface area contributed by atoms with Crippen LogP contribution in [-0.2, 0) is 11.3 Å².